The van der Waals surface area contributed by atoms with Gasteiger partial charge in [-0.25, -0.2) is 9.37 Å². The molecule has 0 bridgehead atoms. The Morgan fingerprint density at radius 3 is 2.82 bits per heavy atom. The molecular weight excluding hydrogens is 219 g/mol. The molecule has 1 heterocycles. The van der Waals surface area contributed by atoms with Gasteiger partial charge in [-0.3, -0.25) is 0 Å². The molecule has 1 unspecified atom stereocenters. The summed E-state index contributed by atoms with van der Waals surface area (Å²) in [6.07, 6.45) is 3.21. The molecule has 2 rings (SSSR count). The predicted molar refractivity (Wildman–Crippen MR) is 63.0 cm³/mol. The van der Waals surface area contributed by atoms with E-state index in [1.54, 1.807) is 23.0 Å². The molecule has 1 atom stereocenters. The van der Waals surface area contributed by atoms with Gasteiger partial charge in [0.05, 0.1) is 0 Å². The Balaban J connectivity index is 2.19. The summed E-state index contributed by atoms with van der Waals surface area (Å²) in [5.41, 5.74) is 1.78. The van der Waals surface area contributed by atoms with Crippen LogP contribution in [-0.2, 0) is 13.5 Å². The number of imidazole rings is 1. The minimum Gasteiger partial charge on any atom is -0.385 e. The zero-order chi connectivity index (χ0) is 12.4. The van der Waals surface area contributed by atoms with Crippen molar-refractivity contribution in [2.75, 3.05) is 0 Å². The van der Waals surface area contributed by atoms with Crippen LogP contribution in [0.25, 0.3) is 0 Å². The summed E-state index contributed by atoms with van der Waals surface area (Å²) < 4.78 is 14.7. The number of halogens is 1. The van der Waals surface area contributed by atoms with Gasteiger partial charge < -0.3 is 9.67 Å². The van der Waals surface area contributed by atoms with Crippen molar-refractivity contribution in [3.63, 3.8) is 0 Å². The largest absolute Gasteiger partial charge is 0.385 e. The highest BCUT2D eigenvalue weighted by atomic mass is 19.1. The van der Waals surface area contributed by atoms with Crippen molar-refractivity contribution in [2.45, 2.75) is 19.4 Å². The first kappa shape index (κ1) is 11.8. The standard InChI is InChI=1S/C13H15FN2O/c1-9-7-11(14)4-3-10(9)8-12(17)13-15-5-6-16(13)2/h3-7,12,17H,8H2,1-2H3. The predicted octanol–water partition coefficient (Wildman–Crippen LogP) is 2.14. The molecule has 0 fully saturated rings. The van der Waals surface area contributed by atoms with Gasteiger partial charge in [-0.1, -0.05) is 6.07 Å². The van der Waals surface area contributed by atoms with Gasteiger partial charge in [0.2, 0.25) is 0 Å². The summed E-state index contributed by atoms with van der Waals surface area (Å²) in [6.45, 7) is 1.84. The number of rotatable bonds is 3. The number of hydrogen-bond acceptors (Lipinski definition) is 2. The van der Waals surface area contributed by atoms with Crippen LogP contribution in [0, 0.1) is 12.7 Å². The summed E-state index contributed by atoms with van der Waals surface area (Å²) >= 11 is 0. The van der Waals surface area contributed by atoms with Crippen LogP contribution in [0.15, 0.2) is 30.6 Å². The monoisotopic (exact) mass is 234 g/mol. The average Bonchev–Trinajstić information content (AvgIpc) is 2.68. The van der Waals surface area contributed by atoms with Crippen molar-refractivity contribution in [1.82, 2.24) is 9.55 Å². The Bertz CT molecular complexity index is 522. The Morgan fingerprint density at radius 1 is 1.47 bits per heavy atom. The Kier molecular flexibility index (Phi) is 3.24. The normalized spacial score (nSPS) is 12.7. The highest BCUT2D eigenvalue weighted by Gasteiger charge is 2.14. The number of aliphatic hydroxyl groups is 1. The van der Waals surface area contributed by atoms with E-state index in [0.717, 1.165) is 11.1 Å². The molecule has 2 aromatic rings. The quantitative estimate of drug-likeness (QED) is 0.883. The minimum atomic E-state index is -0.667. The molecule has 0 aliphatic heterocycles. The van der Waals surface area contributed by atoms with Crippen molar-refractivity contribution in [3.8, 4) is 0 Å². The molecule has 90 valence electrons. The van der Waals surface area contributed by atoms with E-state index in [2.05, 4.69) is 4.98 Å². The molecule has 0 saturated heterocycles. The number of aromatic nitrogens is 2. The second kappa shape index (κ2) is 4.67. The van der Waals surface area contributed by atoms with Crippen LogP contribution in [0.4, 0.5) is 4.39 Å². The number of nitrogens with zero attached hydrogens (tertiary/aromatic N) is 2. The maximum Gasteiger partial charge on any atom is 0.137 e. The van der Waals surface area contributed by atoms with Crippen LogP contribution < -0.4 is 0 Å². The van der Waals surface area contributed by atoms with E-state index in [-0.39, 0.29) is 5.82 Å². The summed E-state index contributed by atoms with van der Waals surface area (Å²) in [5.74, 6) is 0.367. The molecule has 1 aromatic heterocycles. The Morgan fingerprint density at radius 2 is 2.24 bits per heavy atom. The zero-order valence-electron chi connectivity index (χ0n) is 9.89. The molecule has 4 heteroatoms. The SMILES string of the molecule is Cc1cc(F)ccc1CC(O)c1nccn1C. The average molecular weight is 234 g/mol. The molecule has 1 aromatic carbocycles. The van der Waals surface area contributed by atoms with Crippen molar-refractivity contribution in [2.24, 2.45) is 7.05 Å². The fourth-order valence-corrected chi connectivity index (χ4v) is 1.89. The van der Waals surface area contributed by atoms with Gasteiger partial charge in [-0.15, -0.1) is 0 Å². The summed E-state index contributed by atoms with van der Waals surface area (Å²) in [6, 6.07) is 4.59. The molecule has 0 spiro atoms. The topological polar surface area (TPSA) is 38.1 Å². The molecule has 0 amide bonds. The fraction of sp³-hybridized carbons (Fsp3) is 0.308. The lowest BCUT2D eigenvalue weighted by Crippen LogP contribution is -2.09. The van der Waals surface area contributed by atoms with E-state index in [0.29, 0.717) is 12.2 Å². The summed E-state index contributed by atoms with van der Waals surface area (Å²) in [7, 11) is 1.84. The van der Waals surface area contributed by atoms with Crippen LogP contribution in [0.1, 0.15) is 23.1 Å². The highest BCUT2D eigenvalue weighted by molar-refractivity contribution is 5.27. The van der Waals surface area contributed by atoms with E-state index in [1.165, 1.54) is 12.1 Å². The lowest BCUT2D eigenvalue weighted by molar-refractivity contribution is 0.165. The van der Waals surface area contributed by atoms with Crippen LogP contribution in [0.3, 0.4) is 0 Å². The van der Waals surface area contributed by atoms with E-state index in [9.17, 15) is 9.50 Å². The zero-order valence-corrected chi connectivity index (χ0v) is 9.89. The maximum absolute atomic E-state index is 12.9. The summed E-state index contributed by atoms with van der Waals surface area (Å²) in [4.78, 5) is 4.10. The van der Waals surface area contributed by atoms with Gasteiger partial charge in [0, 0.05) is 25.9 Å². The first-order valence-electron chi connectivity index (χ1n) is 5.48. The van der Waals surface area contributed by atoms with Gasteiger partial charge in [-0.05, 0) is 30.2 Å². The van der Waals surface area contributed by atoms with Gasteiger partial charge in [0.1, 0.15) is 17.7 Å². The molecule has 1 N–H and O–H groups in total. The van der Waals surface area contributed by atoms with E-state index >= 15 is 0 Å². The smallest absolute Gasteiger partial charge is 0.137 e. The fourth-order valence-electron chi connectivity index (χ4n) is 1.89. The van der Waals surface area contributed by atoms with Gasteiger partial charge in [0.25, 0.3) is 0 Å². The minimum absolute atomic E-state index is 0.252. The van der Waals surface area contributed by atoms with Crippen LogP contribution in [0.5, 0.6) is 0 Å². The molecule has 0 aliphatic rings. The molecule has 17 heavy (non-hydrogen) atoms. The van der Waals surface area contributed by atoms with Crippen molar-refractivity contribution in [1.29, 1.82) is 0 Å². The molecule has 3 nitrogen and oxygen atoms in total. The second-order valence-corrected chi connectivity index (χ2v) is 4.19. The van der Waals surface area contributed by atoms with Crippen LogP contribution >= 0.6 is 0 Å². The summed E-state index contributed by atoms with van der Waals surface area (Å²) in [5, 5.41) is 10.1. The number of aliphatic hydroxyl groups excluding tert-OH is 1. The first-order valence-corrected chi connectivity index (χ1v) is 5.48. The third-order valence-corrected chi connectivity index (χ3v) is 2.87. The molecule has 0 radical (unpaired) electrons. The van der Waals surface area contributed by atoms with E-state index < -0.39 is 6.10 Å². The molecule has 0 aliphatic carbocycles. The maximum atomic E-state index is 12.9. The van der Waals surface area contributed by atoms with Gasteiger partial charge >= 0.3 is 0 Å². The van der Waals surface area contributed by atoms with Crippen molar-refractivity contribution >= 4 is 0 Å². The van der Waals surface area contributed by atoms with Crippen molar-refractivity contribution in [3.05, 3.63) is 53.4 Å². The van der Waals surface area contributed by atoms with Crippen LogP contribution in [0.2, 0.25) is 0 Å². The molecule has 0 saturated carbocycles. The van der Waals surface area contributed by atoms with Gasteiger partial charge in [-0.2, -0.15) is 0 Å². The third-order valence-electron chi connectivity index (χ3n) is 2.87. The highest BCUT2D eigenvalue weighted by Crippen LogP contribution is 2.19. The lowest BCUT2D eigenvalue weighted by atomic mass is 10.0. The number of hydrogen-bond donors (Lipinski definition) is 1. The number of benzene rings is 1. The third kappa shape index (κ3) is 2.53. The number of aryl methyl sites for hydroxylation is 2. The first-order chi connectivity index (χ1) is 8.08. The lowest BCUT2D eigenvalue weighted by Gasteiger charge is -2.12. The van der Waals surface area contributed by atoms with Crippen LogP contribution in [-0.4, -0.2) is 14.7 Å². The van der Waals surface area contributed by atoms with Crippen molar-refractivity contribution < 1.29 is 9.50 Å². The van der Waals surface area contributed by atoms with Gasteiger partial charge in [0.15, 0.2) is 0 Å². The van der Waals surface area contributed by atoms with E-state index in [1.807, 2.05) is 14.0 Å². The second-order valence-electron chi connectivity index (χ2n) is 4.19. The Labute approximate surface area is 99.5 Å². The molecular formula is C13H15FN2O. The van der Waals surface area contributed by atoms with E-state index in [4.69, 9.17) is 0 Å². The Hall–Kier alpha value is -1.68.